The van der Waals surface area contributed by atoms with Gasteiger partial charge in [-0.1, -0.05) is 26.7 Å². The van der Waals surface area contributed by atoms with Gasteiger partial charge in [-0.05, 0) is 38.0 Å². The molecule has 1 saturated heterocycles. The third-order valence-corrected chi connectivity index (χ3v) is 6.30. The Bertz CT molecular complexity index is 417. The zero-order valence-corrected chi connectivity index (χ0v) is 15.2. The highest BCUT2D eigenvalue weighted by molar-refractivity contribution is 8.01. The summed E-state index contributed by atoms with van der Waals surface area (Å²) in [5.41, 5.74) is 0. The van der Waals surface area contributed by atoms with Crippen molar-refractivity contribution in [3.63, 3.8) is 0 Å². The first kappa shape index (κ1) is 18.6. The highest BCUT2D eigenvalue weighted by Gasteiger charge is 2.38. The summed E-state index contributed by atoms with van der Waals surface area (Å²) in [7, 11) is 0. The zero-order valence-electron chi connectivity index (χ0n) is 14.4. The number of esters is 1. The van der Waals surface area contributed by atoms with Gasteiger partial charge in [0.2, 0.25) is 5.91 Å². The lowest BCUT2D eigenvalue weighted by Gasteiger charge is -2.28. The molecule has 0 aromatic carbocycles. The molecule has 1 N–H and O–H groups in total. The van der Waals surface area contributed by atoms with Crippen LogP contribution in [0.4, 0.5) is 0 Å². The molecule has 1 heterocycles. The summed E-state index contributed by atoms with van der Waals surface area (Å²) in [6.45, 7) is 6.55. The monoisotopic (exact) mass is 343 g/mol. The molecule has 5 nitrogen and oxygen atoms in total. The first-order valence-corrected chi connectivity index (χ1v) is 9.68. The van der Waals surface area contributed by atoms with Crippen molar-refractivity contribution in [3.05, 3.63) is 0 Å². The van der Waals surface area contributed by atoms with E-state index in [1.54, 1.807) is 0 Å². The standard InChI is InChI=1S/C17H29NO4S/c1-4-21-17(20)16-12(3)9-15(23-16)18-14(19)10-22-13-8-6-5-7-11(13)2/h11-13,15-16H,4-10H2,1-3H3,(H,18,19). The van der Waals surface area contributed by atoms with Gasteiger partial charge >= 0.3 is 5.97 Å². The maximum atomic E-state index is 12.1. The van der Waals surface area contributed by atoms with Crippen molar-refractivity contribution in [2.45, 2.75) is 69.6 Å². The predicted molar refractivity (Wildman–Crippen MR) is 91.1 cm³/mol. The lowest BCUT2D eigenvalue weighted by Crippen LogP contribution is -2.37. The third kappa shape index (κ3) is 5.38. The summed E-state index contributed by atoms with van der Waals surface area (Å²) >= 11 is 1.50. The van der Waals surface area contributed by atoms with Crippen molar-refractivity contribution in [2.75, 3.05) is 13.2 Å². The van der Waals surface area contributed by atoms with E-state index in [-0.39, 0.29) is 41.1 Å². The molecule has 0 spiro atoms. The van der Waals surface area contributed by atoms with E-state index in [1.807, 2.05) is 13.8 Å². The largest absolute Gasteiger partial charge is 0.465 e. The molecule has 1 amide bonds. The van der Waals surface area contributed by atoms with E-state index in [4.69, 9.17) is 9.47 Å². The Balaban J connectivity index is 1.72. The first-order valence-electron chi connectivity index (χ1n) is 8.74. The molecule has 0 aromatic rings. The van der Waals surface area contributed by atoms with Crippen molar-refractivity contribution in [1.82, 2.24) is 5.32 Å². The number of nitrogens with one attached hydrogen (secondary N) is 1. The molecule has 1 aliphatic carbocycles. The van der Waals surface area contributed by atoms with Crippen molar-refractivity contribution in [2.24, 2.45) is 11.8 Å². The molecule has 0 radical (unpaired) electrons. The van der Waals surface area contributed by atoms with E-state index >= 15 is 0 Å². The van der Waals surface area contributed by atoms with Crippen LogP contribution < -0.4 is 5.32 Å². The second kappa shape index (κ2) is 8.92. The molecule has 1 aliphatic heterocycles. The van der Waals surface area contributed by atoms with Crippen LogP contribution in [0.25, 0.3) is 0 Å². The van der Waals surface area contributed by atoms with Crippen LogP contribution in [-0.2, 0) is 19.1 Å². The van der Waals surface area contributed by atoms with Gasteiger partial charge in [0, 0.05) is 0 Å². The average Bonchev–Trinajstić information content (AvgIpc) is 2.87. The first-order chi connectivity index (χ1) is 11.0. The number of carbonyl (C=O) groups excluding carboxylic acids is 2. The van der Waals surface area contributed by atoms with Crippen LogP contribution in [-0.4, -0.2) is 41.8 Å². The molecule has 2 rings (SSSR count). The number of hydrogen-bond donors (Lipinski definition) is 1. The van der Waals surface area contributed by atoms with Gasteiger partial charge in [0.1, 0.15) is 11.9 Å². The quantitative estimate of drug-likeness (QED) is 0.751. The summed E-state index contributed by atoms with van der Waals surface area (Å²) in [4.78, 5) is 24.0. The highest BCUT2D eigenvalue weighted by Crippen LogP contribution is 2.37. The Morgan fingerprint density at radius 3 is 2.61 bits per heavy atom. The lowest BCUT2D eigenvalue weighted by molar-refractivity contribution is -0.143. The Labute approximate surface area is 143 Å². The van der Waals surface area contributed by atoms with E-state index in [0.29, 0.717) is 12.5 Å². The normalized spacial score (nSPS) is 34.1. The van der Waals surface area contributed by atoms with Crippen LogP contribution in [0.1, 0.15) is 52.9 Å². The fraction of sp³-hybridized carbons (Fsp3) is 0.882. The van der Waals surface area contributed by atoms with Gasteiger partial charge in [-0.25, -0.2) is 0 Å². The Hall–Kier alpha value is -0.750. The van der Waals surface area contributed by atoms with Gasteiger partial charge < -0.3 is 14.8 Å². The molecule has 2 aliphatic rings. The topological polar surface area (TPSA) is 64.6 Å². The molecular formula is C17H29NO4S. The van der Waals surface area contributed by atoms with Crippen molar-refractivity contribution in [3.8, 4) is 0 Å². The summed E-state index contributed by atoms with van der Waals surface area (Å²) in [5.74, 6) is 0.486. The number of amides is 1. The number of carbonyl (C=O) groups is 2. The third-order valence-electron chi connectivity index (χ3n) is 4.72. The lowest BCUT2D eigenvalue weighted by atomic mass is 9.88. The molecular weight excluding hydrogens is 314 g/mol. The van der Waals surface area contributed by atoms with Gasteiger partial charge in [-0.15, -0.1) is 11.8 Å². The Morgan fingerprint density at radius 1 is 1.17 bits per heavy atom. The number of ether oxygens (including phenoxy) is 2. The predicted octanol–water partition coefficient (Wildman–Crippen LogP) is 2.73. The molecule has 0 bridgehead atoms. The Kier molecular flexibility index (Phi) is 7.21. The van der Waals surface area contributed by atoms with Crippen molar-refractivity contribution in [1.29, 1.82) is 0 Å². The van der Waals surface area contributed by atoms with Crippen LogP contribution in [0.15, 0.2) is 0 Å². The maximum absolute atomic E-state index is 12.1. The second-order valence-corrected chi connectivity index (χ2v) is 8.04. The maximum Gasteiger partial charge on any atom is 0.319 e. The van der Waals surface area contributed by atoms with Gasteiger partial charge in [0.15, 0.2) is 0 Å². The molecule has 6 heteroatoms. The minimum atomic E-state index is -0.181. The van der Waals surface area contributed by atoms with Crippen LogP contribution >= 0.6 is 11.8 Å². The zero-order chi connectivity index (χ0) is 16.8. The SMILES string of the molecule is CCOC(=O)C1SC(NC(=O)COC2CCCCC2C)CC1C. The summed E-state index contributed by atoms with van der Waals surface area (Å²) < 4.78 is 10.9. The summed E-state index contributed by atoms with van der Waals surface area (Å²) in [6, 6.07) is 0. The van der Waals surface area contributed by atoms with E-state index in [2.05, 4.69) is 12.2 Å². The average molecular weight is 343 g/mol. The summed E-state index contributed by atoms with van der Waals surface area (Å²) in [6.07, 6.45) is 5.68. The molecule has 0 aromatic heterocycles. The summed E-state index contributed by atoms with van der Waals surface area (Å²) in [5, 5.41) is 2.77. The van der Waals surface area contributed by atoms with Crippen LogP contribution in [0, 0.1) is 11.8 Å². The molecule has 5 atom stereocenters. The van der Waals surface area contributed by atoms with Gasteiger partial charge in [-0.3, -0.25) is 9.59 Å². The molecule has 132 valence electrons. The van der Waals surface area contributed by atoms with Gasteiger partial charge in [0.25, 0.3) is 0 Å². The van der Waals surface area contributed by atoms with E-state index in [1.165, 1.54) is 31.0 Å². The van der Waals surface area contributed by atoms with Gasteiger partial charge in [0.05, 0.1) is 18.1 Å². The van der Waals surface area contributed by atoms with Crippen molar-refractivity contribution >= 4 is 23.6 Å². The van der Waals surface area contributed by atoms with Crippen LogP contribution in [0.2, 0.25) is 0 Å². The van der Waals surface area contributed by atoms with Crippen LogP contribution in [0.3, 0.4) is 0 Å². The van der Waals surface area contributed by atoms with E-state index < -0.39 is 0 Å². The minimum Gasteiger partial charge on any atom is -0.465 e. The second-order valence-electron chi connectivity index (χ2n) is 6.69. The fourth-order valence-corrected chi connectivity index (χ4v) is 4.89. The van der Waals surface area contributed by atoms with E-state index in [9.17, 15) is 9.59 Å². The fourth-order valence-electron chi connectivity index (χ4n) is 3.37. The highest BCUT2D eigenvalue weighted by atomic mass is 32.2. The smallest absolute Gasteiger partial charge is 0.319 e. The van der Waals surface area contributed by atoms with Crippen LogP contribution in [0.5, 0.6) is 0 Å². The number of hydrogen-bond acceptors (Lipinski definition) is 5. The van der Waals surface area contributed by atoms with E-state index in [0.717, 1.165) is 12.8 Å². The molecule has 1 saturated carbocycles. The number of thioether (sulfide) groups is 1. The molecule has 23 heavy (non-hydrogen) atoms. The Morgan fingerprint density at radius 2 is 1.91 bits per heavy atom. The van der Waals surface area contributed by atoms with Gasteiger partial charge in [-0.2, -0.15) is 0 Å². The minimum absolute atomic E-state index is 0.0284. The number of rotatable bonds is 6. The molecule has 5 unspecified atom stereocenters. The van der Waals surface area contributed by atoms with Crippen molar-refractivity contribution < 1.29 is 19.1 Å². The molecule has 2 fully saturated rings.